The molecule has 0 aliphatic carbocycles. The zero-order valence-electron chi connectivity index (χ0n) is 18.8. The van der Waals surface area contributed by atoms with Crippen LogP contribution in [0.1, 0.15) is 22.5 Å². The van der Waals surface area contributed by atoms with Crippen LogP contribution in [-0.4, -0.2) is 24.9 Å². The molecule has 7 heteroatoms. The number of rotatable bonds is 5. The summed E-state index contributed by atoms with van der Waals surface area (Å²) in [4.78, 5) is 22.2. The van der Waals surface area contributed by atoms with E-state index >= 15 is 0 Å². The summed E-state index contributed by atoms with van der Waals surface area (Å²) in [5.41, 5.74) is 6.70. The number of pyridine rings is 5. The van der Waals surface area contributed by atoms with E-state index in [2.05, 4.69) is 42.4 Å². The topological polar surface area (TPSA) is 100 Å². The lowest BCUT2D eigenvalue weighted by molar-refractivity contribution is 1.09. The van der Waals surface area contributed by atoms with Gasteiger partial charge in [-0.2, -0.15) is 5.26 Å². The second kappa shape index (κ2) is 9.04. The van der Waals surface area contributed by atoms with Crippen LogP contribution in [0.3, 0.4) is 0 Å². The lowest BCUT2D eigenvalue weighted by Crippen LogP contribution is -2.04. The van der Waals surface area contributed by atoms with E-state index in [-0.39, 0.29) is 0 Å². The molecule has 0 aromatic carbocycles. The molecule has 0 atom stereocenters. The SMILES string of the molecule is Cc1cc(-c2cc3ccnc(NCc4cnc(-c5ccnc(C)c5)c(C#N)c4)c3cn2)ccn1. The second-order valence-corrected chi connectivity index (χ2v) is 8.03. The Labute approximate surface area is 197 Å². The first-order chi connectivity index (χ1) is 16.6. The van der Waals surface area contributed by atoms with Gasteiger partial charge >= 0.3 is 0 Å². The number of hydrogen-bond donors (Lipinski definition) is 1. The van der Waals surface area contributed by atoms with Crippen LogP contribution in [0.25, 0.3) is 33.3 Å². The van der Waals surface area contributed by atoms with Gasteiger partial charge in [-0.05, 0) is 67.3 Å². The highest BCUT2D eigenvalue weighted by Crippen LogP contribution is 2.26. The van der Waals surface area contributed by atoms with E-state index in [1.165, 1.54) is 0 Å². The van der Waals surface area contributed by atoms with Gasteiger partial charge in [0.2, 0.25) is 0 Å². The van der Waals surface area contributed by atoms with E-state index in [0.717, 1.165) is 50.4 Å². The van der Waals surface area contributed by atoms with Crippen LogP contribution >= 0.6 is 0 Å². The number of nitrogens with one attached hydrogen (secondary N) is 1. The molecule has 0 unspecified atom stereocenters. The average molecular weight is 444 g/mol. The Hall–Kier alpha value is -4.70. The molecule has 0 saturated carbocycles. The zero-order chi connectivity index (χ0) is 23.5. The number of hydrogen-bond acceptors (Lipinski definition) is 7. The fraction of sp³-hybridized carbons (Fsp3) is 0.111. The van der Waals surface area contributed by atoms with Crippen molar-refractivity contribution < 1.29 is 0 Å². The van der Waals surface area contributed by atoms with Crippen molar-refractivity contribution in [3.8, 4) is 28.6 Å². The fourth-order valence-corrected chi connectivity index (χ4v) is 3.87. The van der Waals surface area contributed by atoms with Crippen molar-refractivity contribution >= 4 is 16.6 Å². The minimum Gasteiger partial charge on any atom is -0.365 e. The van der Waals surface area contributed by atoms with Gasteiger partial charge < -0.3 is 5.32 Å². The van der Waals surface area contributed by atoms with Gasteiger partial charge in [0, 0.05) is 65.4 Å². The van der Waals surface area contributed by atoms with Crippen molar-refractivity contribution in [1.82, 2.24) is 24.9 Å². The molecule has 0 bridgehead atoms. The molecule has 5 rings (SSSR count). The van der Waals surface area contributed by atoms with Crippen molar-refractivity contribution in [2.75, 3.05) is 5.32 Å². The first-order valence-electron chi connectivity index (χ1n) is 10.8. The highest BCUT2D eigenvalue weighted by Gasteiger charge is 2.10. The normalized spacial score (nSPS) is 10.7. The summed E-state index contributed by atoms with van der Waals surface area (Å²) in [5, 5.41) is 15.0. The summed E-state index contributed by atoms with van der Waals surface area (Å²) >= 11 is 0. The molecule has 0 aliphatic heterocycles. The Morgan fingerprint density at radius 2 is 1.53 bits per heavy atom. The number of aromatic nitrogens is 5. The Morgan fingerprint density at radius 3 is 2.29 bits per heavy atom. The van der Waals surface area contributed by atoms with E-state index in [1.54, 1.807) is 24.8 Å². The summed E-state index contributed by atoms with van der Waals surface area (Å²) in [6, 6.07) is 15.9. The van der Waals surface area contributed by atoms with Gasteiger partial charge in [-0.25, -0.2) is 4.98 Å². The summed E-state index contributed by atoms with van der Waals surface area (Å²) in [6.07, 6.45) is 8.92. The average Bonchev–Trinajstić information content (AvgIpc) is 2.87. The Balaban J connectivity index is 1.40. The van der Waals surface area contributed by atoms with E-state index < -0.39 is 0 Å². The number of nitrogens with zero attached hydrogens (tertiary/aromatic N) is 6. The highest BCUT2D eigenvalue weighted by molar-refractivity contribution is 5.93. The van der Waals surface area contributed by atoms with Crippen LogP contribution in [0.5, 0.6) is 0 Å². The van der Waals surface area contributed by atoms with Crippen molar-refractivity contribution in [2.45, 2.75) is 20.4 Å². The fourth-order valence-electron chi connectivity index (χ4n) is 3.87. The quantitative estimate of drug-likeness (QED) is 0.396. The molecule has 1 N–H and O–H groups in total. The maximum absolute atomic E-state index is 9.69. The Morgan fingerprint density at radius 1 is 0.794 bits per heavy atom. The van der Waals surface area contributed by atoms with E-state index in [1.807, 2.05) is 56.4 Å². The lowest BCUT2D eigenvalue weighted by Gasteiger charge is -2.11. The van der Waals surface area contributed by atoms with Crippen LogP contribution in [-0.2, 0) is 6.54 Å². The standard InChI is InChI=1S/C27H21N7/c1-17-9-21(4-6-29-17)25-12-20-3-8-31-27(24(20)16-32-25)34-15-19-11-23(13-28)26(33-14-19)22-5-7-30-18(2)10-22/h3-12,14,16H,15H2,1-2H3,(H,31,34). The first kappa shape index (κ1) is 21.2. The molecule has 0 amide bonds. The summed E-state index contributed by atoms with van der Waals surface area (Å²) < 4.78 is 0. The monoisotopic (exact) mass is 443 g/mol. The zero-order valence-corrected chi connectivity index (χ0v) is 18.8. The molecule has 0 radical (unpaired) electrons. The number of anilines is 1. The molecule has 5 heterocycles. The van der Waals surface area contributed by atoms with Crippen molar-refractivity contribution in [2.24, 2.45) is 0 Å². The Kier molecular flexibility index (Phi) is 5.63. The van der Waals surface area contributed by atoms with E-state index in [0.29, 0.717) is 17.8 Å². The summed E-state index contributed by atoms with van der Waals surface area (Å²) in [7, 11) is 0. The van der Waals surface area contributed by atoms with Gasteiger partial charge in [-0.1, -0.05) is 0 Å². The summed E-state index contributed by atoms with van der Waals surface area (Å²) in [5.74, 6) is 0.731. The highest BCUT2D eigenvalue weighted by atomic mass is 15.0. The van der Waals surface area contributed by atoms with E-state index in [9.17, 15) is 5.26 Å². The van der Waals surface area contributed by atoms with Gasteiger partial charge in [-0.15, -0.1) is 0 Å². The number of aryl methyl sites for hydroxylation is 2. The Bertz CT molecular complexity index is 1550. The minimum atomic E-state index is 0.481. The van der Waals surface area contributed by atoms with Crippen molar-refractivity contribution in [3.63, 3.8) is 0 Å². The molecule has 0 fully saturated rings. The molecular weight excluding hydrogens is 422 g/mol. The third-order valence-electron chi connectivity index (χ3n) is 5.54. The van der Waals surface area contributed by atoms with Gasteiger partial charge in [0.25, 0.3) is 0 Å². The van der Waals surface area contributed by atoms with Gasteiger partial charge in [0.1, 0.15) is 11.9 Å². The van der Waals surface area contributed by atoms with Gasteiger partial charge in [0.15, 0.2) is 0 Å². The van der Waals surface area contributed by atoms with E-state index in [4.69, 9.17) is 0 Å². The van der Waals surface area contributed by atoms with Gasteiger partial charge in [0.05, 0.1) is 17.0 Å². The third-order valence-corrected chi connectivity index (χ3v) is 5.54. The lowest BCUT2D eigenvalue weighted by atomic mass is 10.1. The molecular formula is C27H21N7. The third kappa shape index (κ3) is 4.30. The molecule has 7 nitrogen and oxygen atoms in total. The van der Waals surface area contributed by atoms with Crippen molar-refractivity contribution in [1.29, 1.82) is 5.26 Å². The maximum atomic E-state index is 9.69. The van der Waals surface area contributed by atoms with Crippen LogP contribution < -0.4 is 5.32 Å². The molecule has 5 aromatic heterocycles. The molecule has 5 aromatic rings. The molecule has 0 aliphatic rings. The minimum absolute atomic E-state index is 0.481. The predicted molar refractivity (Wildman–Crippen MR) is 132 cm³/mol. The molecule has 164 valence electrons. The van der Waals surface area contributed by atoms with Crippen molar-refractivity contribution in [3.05, 3.63) is 96.0 Å². The molecule has 0 saturated heterocycles. The first-order valence-corrected chi connectivity index (χ1v) is 10.8. The number of fused-ring (bicyclic) bond motifs is 1. The van der Waals surface area contributed by atoms with Crippen LogP contribution in [0.15, 0.2) is 73.4 Å². The number of nitriles is 1. The van der Waals surface area contributed by atoms with Crippen LogP contribution in [0, 0.1) is 25.2 Å². The van der Waals surface area contributed by atoms with Gasteiger partial charge in [-0.3, -0.25) is 19.9 Å². The van der Waals surface area contributed by atoms with Crippen LogP contribution in [0.4, 0.5) is 5.82 Å². The smallest absolute Gasteiger partial charge is 0.135 e. The summed E-state index contributed by atoms with van der Waals surface area (Å²) in [6.45, 7) is 4.36. The molecule has 0 spiro atoms. The maximum Gasteiger partial charge on any atom is 0.135 e. The largest absolute Gasteiger partial charge is 0.365 e. The molecule has 34 heavy (non-hydrogen) atoms. The van der Waals surface area contributed by atoms with Crippen LogP contribution in [0.2, 0.25) is 0 Å². The second-order valence-electron chi connectivity index (χ2n) is 8.03. The predicted octanol–water partition coefficient (Wildman–Crippen LogP) is 5.25.